The number of benzene rings is 1. The van der Waals surface area contributed by atoms with Crippen molar-refractivity contribution in [3.05, 3.63) is 29.8 Å². The van der Waals surface area contributed by atoms with Crippen molar-refractivity contribution in [2.24, 2.45) is 5.41 Å². The molecule has 0 atom stereocenters. The minimum absolute atomic E-state index is 0.0136. The van der Waals surface area contributed by atoms with Gasteiger partial charge < -0.3 is 14.5 Å². The van der Waals surface area contributed by atoms with Gasteiger partial charge in [0, 0.05) is 32.6 Å². The second-order valence-corrected chi connectivity index (χ2v) is 7.91. The molecular weight excluding hydrogens is 316 g/mol. The molecule has 0 saturated carbocycles. The summed E-state index contributed by atoms with van der Waals surface area (Å²) in [4.78, 5) is 28.5. The second kappa shape index (κ2) is 8.37. The molecule has 0 N–H and O–H groups in total. The van der Waals surface area contributed by atoms with E-state index in [0.717, 1.165) is 24.3 Å². The summed E-state index contributed by atoms with van der Waals surface area (Å²) in [6.45, 7) is 10.8. The van der Waals surface area contributed by atoms with Crippen LogP contribution in [0, 0.1) is 12.3 Å². The zero-order valence-electron chi connectivity index (χ0n) is 15.9. The third kappa shape index (κ3) is 6.07. The third-order valence-corrected chi connectivity index (χ3v) is 4.33. The largest absolute Gasteiger partial charge is 0.484 e. The van der Waals surface area contributed by atoms with Gasteiger partial charge in [-0.3, -0.25) is 9.59 Å². The summed E-state index contributed by atoms with van der Waals surface area (Å²) in [6, 6.07) is 7.68. The first-order valence-electron chi connectivity index (χ1n) is 9.00. The number of carbonyl (C=O) groups is 2. The topological polar surface area (TPSA) is 49.9 Å². The van der Waals surface area contributed by atoms with Gasteiger partial charge in [-0.15, -0.1) is 0 Å². The Morgan fingerprint density at radius 1 is 1.00 bits per heavy atom. The van der Waals surface area contributed by atoms with Crippen molar-refractivity contribution in [1.82, 2.24) is 9.80 Å². The first-order chi connectivity index (χ1) is 11.8. The van der Waals surface area contributed by atoms with Crippen molar-refractivity contribution < 1.29 is 14.3 Å². The Bertz CT molecular complexity index is 607. The summed E-state index contributed by atoms with van der Waals surface area (Å²) in [5, 5.41) is 0. The fourth-order valence-corrected chi connectivity index (χ4v) is 2.93. The van der Waals surface area contributed by atoms with Gasteiger partial charge in [-0.05, 0) is 30.4 Å². The van der Waals surface area contributed by atoms with Crippen LogP contribution in [-0.2, 0) is 9.59 Å². The fourth-order valence-electron chi connectivity index (χ4n) is 2.93. The summed E-state index contributed by atoms with van der Waals surface area (Å²) in [5.41, 5.74) is 1.01. The predicted octanol–water partition coefficient (Wildman–Crippen LogP) is 2.87. The van der Waals surface area contributed by atoms with E-state index in [-0.39, 0.29) is 23.8 Å². The van der Waals surface area contributed by atoms with Crippen LogP contribution >= 0.6 is 0 Å². The van der Waals surface area contributed by atoms with Crippen LogP contribution in [0.1, 0.15) is 39.2 Å². The van der Waals surface area contributed by atoms with Gasteiger partial charge in [-0.2, -0.15) is 0 Å². The standard InChI is InChI=1S/C20H30N2O3/c1-16-8-5-6-9-17(16)25-15-19(24)22-11-7-10-21(12-13-22)18(23)14-20(2,3)4/h5-6,8-9H,7,10-15H2,1-4H3. The molecule has 1 fully saturated rings. The smallest absolute Gasteiger partial charge is 0.260 e. The molecule has 1 heterocycles. The number of amides is 2. The van der Waals surface area contributed by atoms with Gasteiger partial charge in [-0.1, -0.05) is 39.0 Å². The Kier molecular flexibility index (Phi) is 6.45. The molecule has 1 saturated heterocycles. The molecular formula is C20H30N2O3. The Hall–Kier alpha value is -2.04. The van der Waals surface area contributed by atoms with Gasteiger partial charge >= 0.3 is 0 Å². The molecule has 0 unspecified atom stereocenters. The van der Waals surface area contributed by atoms with E-state index in [1.165, 1.54) is 0 Å². The van der Waals surface area contributed by atoms with Crippen LogP contribution in [-0.4, -0.2) is 54.4 Å². The maximum absolute atomic E-state index is 12.4. The molecule has 5 heteroatoms. The number of hydrogen-bond acceptors (Lipinski definition) is 3. The third-order valence-electron chi connectivity index (χ3n) is 4.33. The van der Waals surface area contributed by atoms with E-state index in [1.54, 1.807) is 0 Å². The lowest BCUT2D eigenvalue weighted by atomic mass is 9.91. The molecule has 0 bridgehead atoms. The number of nitrogens with zero attached hydrogens (tertiary/aromatic N) is 2. The Morgan fingerprint density at radius 3 is 2.20 bits per heavy atom. The van der Waals surface area contributed by atoms with Crippen molar-refractivity contribution in [1.29, 1.82) is 0 Å². The maximum atomic E-state index is 12.4. The van der Waals surface area contributed by atoms with Gasteiger partial charge in [0.1, 0.15) is 5.75 Å². The van der Waals surface area contributed by atoms with Crippen molar-refractivity contribution >= 4 is 11.8 Å². The highest BCUT2D eigenvalue weighted by Gasteiger charge is 2.25. The predicted molar refractivity (Wildman–Crippen MR) is 98.5 cm³/mol. The second-order valence-electron chi connectivity index (χ2n) is 7.91. The molecule has 25 heavy (non-hydrogen) atoms. The van der Waals surface area contributed by atoms with Crippen molar-refractivity contribution in [3.8, 4) is 5.75 Å². The van der Waals surface area contributed by atoms with E-state index in [4.69, 9.17) is 4.74 Å². The number of rotatable bonds is 4. The fraction of sp³-hybridized carbons (Fsp3) is 0.600. The summed E-state index contributed by atoms with van der Waals surface area (Å²) >= 11 is 0. The van der Waals surface area contributed by atoms with Crippen LogP contribution < -0.4 is 4.74 Å². The first-order valence-corrected chi connectivity index (χ1v) is 9.00. The zero-order chi connectivity index (χ0) is 18.4. The summed E-state index contributed by atoms with van der Waals surface area (Å²) in [5.74, 6) is 0.902. The molecule has 0 radical (unpaired) electrons. The number of para-hydroxylation sites is 1. The maximum Gasteiger partial charge on any atom is 0.260 e. The number of ether oxygens (including phenoxy) is 1. The Balaban J connectivity index is 1.84. The van der Waals surface area contributed by atoms with E-state index >= 15 is 0 Å². The normalized spacial score (nSPS) is 15.7. The van der Waals surface area contributed by atoms with E-state index < -0.39 is 0 Å². The van der Waals surface area contributed by atoms with Gasteiger partial charge in [-0.25, -0.2) is 0 Å². The van der Waals surface area contributed by atoms with E-state index in [9.17, 15) is 9.59 Å². The monoisotopic (exact) mass is 346 g/mol. The first kappa shape index (κ1) is 19.3. The van der Waals surface area contributed by atoms with E-state index in [0.29, 0.717) is 26.1 Å². The van der Waals surface area contributed by atoms with Gasteiger partial charge in [0.05, 0.1) is 0 Å². The SMILES string of the molecule is Cc1ccccc1OCC(=O)N1CCCN(C(=O)CC(C)(C)C)CC1. The average molecular weight is 346 g/mol. The van der Waals surface area contributed by atoms with Crippen molar-refractivity contribution in [2.45, 2.75) is 40.5 Å². The van der Waals surface area contributed by atoms with Crippen molar-refractivity contribution in [2.75, 3.05) is 32.8 Å². The molecule has 0 spiro atoms. The Morgan fingerprint density at radius 2 is 1.60 bits per heavy atom. The van der Waals surface area contributed by atoms with Crippen LogP contribution in [0.4, 0.5) is 0 Å². The lowest BCUT2D eigenvalue weighted by Crippen LogP contribution is -2.40. The van der Waals surface area contributed by atoms with Crippen LogP contribution in [0.2, 0.25) is 0 Å². The van der Waals surface area contributed by atoms with Gasteiger partial charge in [0.2, 0.25) is 5.91 Å². The lowest BCUT2D eigenvalue weighted by molar-refractivity contribution is -0.135. The van der Waals surface area contributed by atoms with Crippen molar-refractivity contribution in [3.63, 3.8) is 0 Å². The minimum Gasteiger partial charge on any atom is -0.484 e. The van der Waals surface area contributed by atoms with Crippen LogP contribution in [0.5, 0.6) is 5.75 Å². The molecule has 2 amide bonds. The minimum atomic E-state index is -0.0200. The average Bonchev–Trinajstić information content (AvgIpc) is 2.78. The molecule has 5 nitrogen and oxygen atoms in total. The summed E-state index contributed by atoms with van der Waals surface area (Å²) in [6.07, 6.45) is 1.35. The molecule has 2 rings (SSSR count). The van der Waals surface area contributed by atoms with Gasteiger partial charge in [0.15, 0.2) is 6.61 Å². The quantitative estimate of drug-likeness (QED) is 0.842. The number of aryl methyl sites for hydroxylation is 1. The van der Waals surface area contributed by atoms with Crippen LogP contribution in [0.15, 0.2) is 24.3 Å². The Labute approximate surface area is 150 Å². The van der Waals surface area contributed by atoms with Gasteiger partial charge in [0.25, 0.3) is 5.91 Å². The zero-order valence-corrected chi connectivity index (χ0v) is 15.9. The molecule has 1 aromatic carbocycles. The number of hydrogen-bond donors (Lipinski definition) is 0. The molecule has 1 aliphatic heterocycles. The van der Waals surface area contributed by atoms with E-state index in [1.807, 2.05) is 41.0 Å². The highest BCUT2D eigenvalue weighted by atomic mass is 16.5. The number of carbonyl (C=O) groups excluding carboxylic acids is 2. The highest BCUT2D eigenvalue weighted by Crippen LogP contribution is 2.20. The van der Waals surface area contributed by atoms with Crippen LogP contribution in [0.25, 0.3) is 0 Å². The molecule has 1 aliphatic rings. The van der Waals surface area contributed by atoms with E-state index in [2.05, 4.69) is 20.8 Å². The van der Waals surface area contributed by atoms with Crippen LogP contribution in [0.3, 0.4) is 0 Å². The molecule has 0 aromatic heterocycles. The highest BCUT2D eigenvalue weighted by molar-refractivity contribution is 5.79. The molecule has 1 aromatic rings. The summed E-state index contributed by atoms with van der Waals surface area (Å²) < 4.78 is 5.66. The summed E-state index contributed by atoms with van der Waals surface area (Å²) in [7, 11) is 0. The lowest BCUT2D eigenvalue weighted by Gasteiger charge is -2.25. The molecule has 138 valence electrons. The molecule has 0 aliphatic carbocycles.